The maximum absolute atomic E-state index is 12.8. The number of anilines is 1. The Morgan fingerprint density at radius 3 is 2.65 bits per heavy atom. The van der Waals surface area contributed by atoms with Gasteiger partial charge in [0.1, 0.15) is 5.69 Å². The molecule has 0 aliphatic heterocycles. The van der Waals surface area contributed by atoms with Crippen LogP contribution >= 0.6 is 11.6 Å². The van der Waals surface area contributed by atoms with Crippen LogP contribution in [0.2, 0.25) is 5.02 Å². The minimum atomic E-state index is -0.335. The van der Waals surface area contributed by atoms with E-state index in [1.54, 1.807) is 53.4 Å². The van der Waals surface area contributed by atoms with E-state index in [0.717, 1.165) is 5.56 Å². The summed E-state index contributed by atoms with van der Waals surface area (Å²) in [5, 5.41) is 10.6. The van der Waals surface area contributed by atoms with Gasteiger partial charge in [0.25, 0.3) is 5.91 Å². The highest BCUT2D eigenvalue weighted by Crippen LogP contribution is 2.26. The van der Waals surface area contributed by atoms with Gasteiger partial charge in [-0.2, -0.15) is 5.10 Å². The number of nitrogens with one attached hydrogen (secondary N) is 2. The fourth-order valence-electron chi connectivity index (χ4n) is 3.13. The fraction of sp³-hybridized carbons (Fsp3) is 0.0870. The maximum atomic E-state index is 12.8. The van der Waals surface area contributed by atoms with Gasteiger partial charge in [-0.1, -0.05) is 29.8 Å². The van der Waals surface area contributed by atoms with Crippen LogP contribution in [-0.2, 0) is 11.3 Å². The van der Waals surface area contributed by atoms with Crippen molar-refractivity contribution in [2.24, 2.45) is 0 Å². The van der Waals surface area contributed by atoms with E-state index in [0.29, 0.717) is 27.9 Å². The van der Waals surface area contributed by atoms with E-state index in [1.165, 1.54) is 6.92 Å². The van der Waals surface area contributed by atoms with E-state index >= 15 is 0 Å². The smallest absolute Gasteiger partial charge is 0.272 e. The lowest BCUT2D eigenvalue weighted by Crippen LogP contribution is -2.23. The highest BCUT2D eigenvalue weighted by molar-refractivity contribution is 6.30. The van der Waals surface area contributed by atoms with E-state index < -0.39 is 0 Å². The first kappa shape index (κ1) is 20.4. The average Bonchev–Trinajstić information content (AvgIpc) is 3.41. The number of amides is 2. The van der Waals surface area contributed by atoms with Crippen LogP contribution in [0.5, 0.6) is 0 Å². The normalized spacial score (nSPS) is 10.6. The van der Waals surface area contributed by atoms with Crippen molar-refractivity contribution >= 4 is 29.1 Å². The summed E-state index contributed by atoms with van der Waals surface area (Å²) in [5.41, 5.74) is 3.10. The molecule has 0 radical (unpaired) electrons. The van der Waals surface area contributed by atoms with Crippen molar-refractivity contribution in [3.63, 3.8) is 0 Å². The van der Waals surface area contributed by atoms with E-state index in [1.807, 2.05) is 24.3 Å². The zero-order valence-corrected chi connectivity index (χ0v) is 17.4. The third-order valence-corrected chi connectivity index (χ3v) is 4.70. The predicted octanol–water partition coefficient (Wildman–Crippen LogP) is 4.67. The van der Waals surface area contributed by atoms with Gasteiger partial charge in [-0.3, -0.25) is 9.59 Å². The summed E-state index contributed by atoms with van der Waals surface area (Å²) in [7, 11) is 0. The second kappa shape index (κ2) is 8.89. The predicted molar refractivity (Wildman–Crippen MR) is 118 cm³/mol. The van der Waals surface area contributed by atoms with Crippen LogP contribution in [0.15, 0.2) is 77.4 Å². The van der Waals surface area contributed by atoms with E-state index in [2.05, 4.69) is 15.7 Å². The Bertz CT molecular complexity index is 1230. The zero-order chi connectivity index (χ0) is 21.8. The molecule has 2 amide bonds. The molecular formula is C23H19ClN4O3. The summed E-state index contributed by atoms with van der Waals surface area (Å²) in [5.74, 6) is 0.0891. The first-order valence-electron chi connectivity index (χ1n) is 9.54. The van der Waals surface area contributed by atoms with Gasteiger partial charge < -0.3 is 15.1 Å². The molecule has 7 nitrogen and oxygen atoms in total. The molecule has 156 valence electrons. The van der Waals surface area contributed by atoms with Crippen LogP contribution in [0.25, 0.3) is 17.1 Å². The molecule has 0 saturated heterocycles. The number of aromatic nitrogens is 2. The Balaban J connectivity index is 1.57. The van der Waals surface area contributed by atoms with Crippen LogP contribution in [0, 0.1) is 0 Å². The van der Waals surface area contributed by atoms with Gasteiger partial charge in [-0.25, -0.2) is 4.68 Å². The maximum Gasteiger partial charge on any atom is 0.272 e. The second-order valence-electron chi connectivity index (χ2n) is 6.85. The van der Waals surface area contributed by atoms with Crippen molar-refractivity contribution in [3.8, 4) is 17.1 Å². The largest absolute Gasteiger partial charge is 0.463 e. The highest BCUT2D eigenvalue weighted by atomic mass is 35.5. The molecule has 0 saturated carbocycles. The molecule has 0 aliphatic carbocycles. The summed E-state index contributed by atoms with van der Waals surface area (Å²) in [4.78, 5) is 24.0. The molecule has 4 rings (SSSR count). The van der Waals surface area contributed by atoms with Crippen molar-refractivity contribution in [1.82, 2.24) is 15.1 Å². The highest BCUT2D eigenvalue weighted by Gasteiger charge is 2.18. The van der Waals surface area contributed by atoms with Crippen molar-refractivity contribution in [2.45, 2.75) is 13.5 Å². The van der Waals surface area contributed by atoms with Crippen LogP contribution < -0.4 is 10.6 Å². The van der Waals surface area contributed by atoms with Crippen molar-refractivity contribution < 1.29 is 14.0 Å². The summed E-state index contributed by atoms with van der Waals surface area (Å²) in [6, 6.07) is 19.7. The molecule has 0 aliphatic rings. The summed E-state index contributed by atoms with van der Waals surface area (Å²) < 4.78 is 7.14. The molecule has 2 aromatic heterocycles. The van der Waals surface area contributed by atoms with Crippen molar-refractivity contribution in [3.05, 3.63) is 89.3 Å². The van der Waals surface area contributed by atoms with Crippen LogP contribution in [0.4, 0.5) is 5.69 Å². The molecule has 4 aromatic rings. The minimum Gasteiger partial charge on any atom is -0.463 e. The molecular weight excluding hydrogens is 416 g/mol. The summed E-state index contributed by atoms with van der Waals surface area (Å²) in [6.45, 7) is 1.73. The molecule has 8 heteroatoms. The standard InChI is InChI=1S/C23H19ClN4O3/c1-15(29)26-18-7-2-5-16(11-18)14-25-23(30)20-13-21(22-9-4-10-31-22)28(27-20)19-8-3-6-17(24)12-19/h2-13H,14H2,1H3,(H,25,30)(H,26,29). The van der Waals surface area contributed by atoms with E-state index in [9.17, 15) is 9.59 Å². The molecule has 0 bridgehead atoms. The van der Waals surface area contributed by atoms with Gasteiger partial charge in [0.15, 0.2) is 11.5 Å². The molecule has 0 fully saturated rings. The number of hydrogen-bond donors (Lipinski definition) is 2. The number of rotatable bonds is 6. The second-order valence-corrected chi connectivity index (χ2v) is 7.28. The quantitative estimate of drug-likeness (QED) is 0.461. The number of hydrogen-bond acceptors (Lipinski definition) is 4. The molecule has 31 heavy (non-hydrogen) atoms. The Morgan fingerprint density at radius 2 is 1.90 bits per heavy atom. The lowest BCUT2D eigenvalue weighted by molar-refractivity contribution is -0.114. The number of halogens is 1. The molecule has 0 spiro atoms. The van der Waals surface area contributed by atoms with Gasteiger partial charge in [0.05, 0.1) is 12.0 Å². The Morgan fingerprint density at radius 1 is 1.06 bits per heavy atom. The molecule has 0 atom stereocenters. The van der Waals surface area contributed by atoms with Gasteiger partial charge >= 0.3 is 0 Å². The molecule has 2 aromatic carbocycles. The van der Waals surface area contributed by atoms with E-state index in [4.69, 9.17) is 16.0 Å². The Hall–Kier alpha value is -3.84. The van der Waals surface area contributed by atoms with Crippen LogP contribution in [-0.4, -0.2) is 21.6 Å². The monoisotopic (exact) mass is 434 g/mol. The number of nitrogens with zero attached hydrogens (tertiary/aromatic N) is 2. The first-order valence-corrected chi connectivity index (χ1v) is 9.92. The Kier molecular flexibility index (Phi) is 5.86. The van der Waals surface area contributed by atoms with Crippen molar-refractivity contribution in [1.29, 1.82) is 0 Å². The summed E-state index contributed by atoms with van der Waals surface area (Å²) in [6.07, 6.45) is 1.56. The number of benzene rings is 2. The number of furan rings is 1. The minimum absolute atomic E-state index is 0.154. The van der Waals surface area contributed by atoms with Gasteiger partial charge in [-0.05, 0) is 48.0 Å². The van der Waals surface area contributed by atoms with Crippen molar-refractivity contribution in [2.75, 3.05) is 5.32 Å². The van der Waals surface area contributed by atoms with Gasteiger partial charge in [-0.15, -0.1) is 0 Å². The van der Waals surface area contributed by atoms with Gasteiger partial charge in [0.2, 0.25) is 5.91 Å². The zero-order valence-electron chi connectivity index (χ0n) is 16.6. The third-order valence-electron chi connectivity index (χ3n) is 4.47. The van der Waals surface area contributed by atoms with Crippen LogP contribution in [0.3, 0.4) is 0 Å². The Labute approximate surface area is 183 Å². The SMILES string of the molecule is CC(=O)Nc1cccc(CNC(=O)c2cc(-c3ccco3)n(-c3cccc(Cl)c3)n2)c1. The van der Waals surface area contributed by atoms with Gasteiger partial charge in [0, 0.05) is 30.2 Å². The lowest BCUT2D eigenvalue weighted by Gasteiger charge is -2.07. The molecule has 2 N–H and O–H groups in total. The molecule has 2 heterocycles. The third kappa shape index (κ3) is 4.84. The average molecular weight is 435 g/mol. The lowest BCUT2D eigenvalue weighted by atomic mass is 10.2. The van der Waals surface area contributed by atoms with E-state index in [-0.39, 0.29) is 24.1 Å². The topological polar surface area (TPSA) is 89.2 Å². The molecule has 0 unspecified atom stereocenters. The summed E-state index contributed by atoms with van der Waals surface area (Å²) >= 11 is 6.13. The van der Waals surface area contributed by atoms with Crippen LogP contribution in [0.1, 0.15) is 23.0 Å². The number of carbonyl (C=O) groups is 2. The first-order chi connectivity index (χ1) is 15.0. The number of carbonyl (C=O) groups excluding carboxylic acids is 2. The fourth-order valence-corrected chi connectivity index (χ4v) is 3.32.